The molecule has 13 nitrogen and oxygen atoms in total. The first-order valence-corrected chi connectivity index (χ1v) is 13.8. The van der Waals surface area contributed by atoms with Gasteiger partial charge in [0, 0.05) is 24.9 Å². The van der Waals surface area contributed by atoms with Crippen LogP contribution in [0, 0.1) is 0 Å². The number of hydrogen-bond donors (Lipinski definition) is 5. The van der Waals surface area contributed by atoms with Gasteiger partial charge in [0.25, 0.3) is 5.91 Å². The van der Waals surface area contributed by atoms with Gasteiger partial charge in [-0.2, -0.15) is 0 Å². The SMILES string of the molecule is C[C@@H](O)[C@@H]1NC(=O)CNC(=O)c2ccc(c(Cl)c2)OCCCn2cc(nn2)CNC(=O)[C@@H](Cc2ccccc2)NC1=O. The summed E-state index contributed by atoms with van der Waals surface area (Å²) in [5.41, 5.74) is 1.50. The highest BCUT2D eigenvalue weighted by atomic mass is 35.5. The summed E-state index contributed by atoms with van der Waals surface area (Å²) in [5, 5.41) is 29.0. The second kappa shape index (κ2) is 14.4. The van der Waals surface area contributed by atoms with E-state index in [0.29, 0.717) is 31.0 Å². The molecule has 0 spiro atoms. The molecular weight excluding hydrogens is 566 g/mol. The first kappa shape index (κ1) is 30.5. The van der Waals surface area contributed by atoms with Crippen molar-refractivity contribution in [2.75, 3.05) is 13.2 Å². The van der Waals surface area contributed by atoms with Crippen molar-refractivity contribution in [2.24, 2.45) is 0 Å². The fraction of sp³-hybridized carbons (Fsp3) is 0.357. The van der Waals surface area contributed by atoms with Gasteiger partial charge in [0.15, 0.2) is 0 Å². The third-order valence-electron chi connectivity index (χ3n) is 6.42. The van der Waals surface area contributed by atoms with Gasteiger partial charge in [-0.25, -0.2) is 0 Å². The van der Waals surface area contributed by atoms with Crippen LogP contribution >= 0.6 is 11.6 Å². The Hall–Kier alpha value is -4.49. The molecule has 5 rings (SSSR count). The number of nitrogens with one attached hydrogen (secondary N) is 4. The summed E-state index contributed by atoms with van der Waals surface area (Å²) >= 11 is 6.29. The molecule has 3 aromatic rings. The van der Waals surface area contributed by atoms with Crippen molar-refractivity contribution in [3.8, 4) is 5.75 Å². The molecule has 0 fully saturated rings. The van der Waals surface area contributed by atoms with Gasteiger partial charge in [-0.15, -0.1) is 5.10 Å². The standard InChI is InChI=1S/C28H32ClN7O6/c1-17(37)25-28(41)32-22(12-18-6-3-2-4-7-18)27(40)30-14-20-16-36(35-34-20)10-5-11-42-23-9-8-19(13-21(23)29)26(39)31-15-24(38)33-25/h2-4,6-9,13,16-17,22,25,37H,5,10-12,14-15H2,1H3,(H,30,40)(H,31,39)(H,32,41)(H,33,38)/t17-,22-,25+/m1/s1. The predicted molar refractivity (Wildman–Crippen MR) is 151 cm³/mol. The number of amides is 4. The zero-order chi connectivity index (χ0) is 30.1. The largest absolute Gasteiger partial charge is 0.492 e. The van der Waals surface area contributed by atoms with Gasteiger partial charge in [0.1, 0.15) is 23.5 Å². The average Bonchev–Trinajstić information content (AvgIpc) is 3.43. The summed E-state index contributed by atoms with van der Waals surface area (Å²) in [5.74, 6) is -2.16. The highest BCUT2D eigenvalue weighted by molar-refractivity contribution is 6.32. The minimum absolute atomic E-state index is 0.0642. The molecule has 42 heavy (non-hydrogen) atoms. The number of aryl methyl sites for hydroxylation is 1. The van der Waals surface area contributed by atoms with E-state index in [2.05, 4.69) is 31.6 Å². The van der Waals surface area contributed by atoms with E-state index in [1.807, 2.05) is 30.3 Å². The Morgan fingerprint density at radius 3 is 2.57 bits per heavy atom. The minimum atomic E-state index is -1.40. The van der Waals surface area contributed by atoms with E-state index in [0.717, 1.165) is 5.56 Å². The quantitative estimate of drug-likeness (QED) is 0.269. The number of aliphatic hydroxyl groups is 1. The summed E-state index contributed by atoms with van der Waals surface area (Å²) in [6.45, 7) is 1.74. The second-order valence-electron chi connectivity index (χ2n) is 9.76. The fourth-order valence-electron chi connectivity index (χ4n) is 4.21. The summed E-state index contributed by atoms with van der Waals surface area (Å²) in [4.78, 5) is 51.7. The van der Waals surface area contributed by atoms with E-state index in [1.54, 1.807) is 16.9 Å². The maximum absolute atomic E-state index is 13.2. The summed E-state index contributed by atoms with van der Waals surface area (Å²) in [7, 11) is 0. The number of carbonyl (C=O) groups is 4. The number of ether oxygens (including phenoxy) is 1. The van der Waals surface area contributed by atoms with Crippen LogP contribution in [0.3, 0.4) is 0 Å². The van der Waals surface area contributed by atoms with Gasteiger partial charge < -0.3 is 31.1 Å². The number of aliphatic hydroxyl groups excluding tert-OH is 1. The lowest BCUT2D eigenvalue weighted by molar-refractivity contribution is -0.134. The van der Waals surface area contributed by atoms with Crippen LogP contribution in [0.1, 0.15) is 35.0 Å². The van der Waals surface area contributed by atoms with Crippen LogP contribution in [0.15, 0.2) is 54.7 Å². The normalized spacial score (nSPS) is 20.0. The molecule has 3 heterocycles. The number of carbonyl (C=O) groups excluding carboxylic acids is 4. The molecule has 0 unspecified atom stereocenters. The van der Waals surface area contributed by atoms with Crippen molar-refractivity contribution < 1.29 is 29.0 Å². The van der Waals surface area contributed by atoms with Crippen LogP contribution in [-0.4, -0.2) is 75.1 Å². The lowest BCUT2D eigenvalue weighted by Gasteiger charge is -2.25. The third-order valence-corrected chi connectivity index (χ3v) is 6.71. The van der Waals surface area contributed by atoms with Crippen LogP contribution in [-0.2, 0) is 33.9 Å². The van der Waals surface area contributed by atoms with Crippen LogP contribution in [0.2, 0.25) is 5.02 Å². The Balaban J connectivity index is 1.55. The molecule has 14 heteroatoms. The number of rotatable bonds is 3. The Kier molecular flexibility index (Phi) is 10.5. The average molecular weight is 598 g/mol. The van der Waals surface area contributed by atoms with Gasteiger partial charge >= 0.3 is 0 Å². The van der Waals surface area contributed by atoms with Crippen LogP contribution in [0.4, 0.5) is 0 Å². The molecule has 0 aliphatic carbocycles. The highest BCUT2D eigenvalue weighted by Crippen LogP contribution is 2.25. The van der Waals surface area contributed by atoms with Crippen molar-refractivity contribution in [1.29, 1.82) is 0 Å². The summed E-state index contributed by atoms with van der Waals surface area (Å²) < 4.78 is 7.35. The zero-order valence-corrected chi connectivity index (χ0v) is 23.6. The molecule has 0 saturated heterocycles. The van der Waals surface area contributed by atoms with Crippen LogP contribution in [0.5, 0.6) is 5.75 Å². The lowest BCUT2D eigenvalue weighted by atomic mass is 10.0. The fourth-order valence-corrected chi connectivity index (χ4v) is 4.45. The minimum Gasteiger partial charge on any atom is -0.492 e. The number of fused-ring (bicyclic) bond motifs is 16. The third kappa shape index (κ3) is 8.51. The van der Waals surface area contributed by atoms with Gasteiger partial charge in [0.2, 0.25) is 17.7 Å². The van der Waals surface area contributed by atoms with E-state index in [1.165, 1.54) is 19.1 Å². The zero-order valence-electron chi connectivity index (χ0n) is 22.9. The highest BCUT2D eigenvalue weighted by Gasteiger charge is 2.30. The van der Waals surface area contributed by atoms with Crippen molar-refractivity contribution >= 4 is 35.2 Å². The number of halogens is 1. The maximum atomic E-state index is 13.2. The molecule has 0 radical (unpaired) electrons. The van der Waals surface area contributed by atoms with Crippen LogP contribution in [0.25, 0.3) is 0 Å². The topological polar surface area (TPSA) is 177 Å². The van der Waals surface area contributed by atoms with Gasteiger partial charge in [-0.3, -0.25) is 23.9 Å². The molecule has 222 valence electrons. The predicted octanol–water partition coefficient (Wildman–Crippen LogP) is 0.353. The molecule has 2 aromatic carbocycles. The van der Waals surface area contributed by atoms with Crippen molar-refractivity contribution in [3.63, 3.8) is 0 Å². The molecular formula is C28H32ClN7O6. The molecule has 4 amide bonds. The number of nitrogens with zero attached hydrogens (tertiary/aromatic N) is 3. The number of aromatic nitrogens is 3. The molecule has 3 atom stereocenters. The smallest absolute Gasteiger partial charge is 0.251 e. The molecule has 4 bridgehead atoms. The summed E-state index contributed by atoms with van der Waals surface area (Å²) in [6, 6.07) is 11.2. The monoisotopic (exact) mass is 597 g/mol. The molecule has 2 aliphatic rings. The first-order chi connectivity index (χ1) is 20.2. The number of benzene rings is 2. The van der Waals surface area contributed by atoms with E-state index < -0.39 is 48.4 Å². The van der Waals surface area contributed by atoms with Crippen LogP contribution < -0.4 is 26.0 Å². The molecule has 2 aliphatic heterocycles. The van der Waals surface area contributed by atoms with E-state index in [-0.39, 0.29) is 23.6 Å². The van der Waals surface area contributed by atoms with Gasteiger partial charge in [-0.05, 0) is 30.7 Å². The Morgan fingerprint density at radius 2 is 1.83 bits per heavy atom. The van der Waals surface area contributed by atoms with E-state index in [4.69, 9.17) is 16.3 Å². The Labute approximate surface area is 247 Å². The van der Waals surface area contributed by atoms with E-state index >= 15 is 0 Å². The Morgan fingerprint density at radius 1 is 1.05 bits per heavy atom. The van der Waals surface area contributed by atoms with Crippen molar-refractivity contribution in [2.45, 2.75) is 51.0 Å². The molecule has 5 N–H and O–H groups in total. The molecule has 1 aromatic heterocycles. The molecule has 0 saturated carbocycles. The van der Waals surface area contributed by atoms with Crippen molar-refractivity contribution in [3.05, 3.63) is 76.6 Å². The lowest BCUT2D eigenvalue weighted by Crippen LogP contribution is -2.58. The maximum Gasteiger partial charge on any atom is 0.251 e. The Bertz CT molecular complexity index is 1410. The first-order valence-electron chi connectivity index (χ1n) is 13.4. The van der Waals surface area contributed by atoms with E-state index in [9.17, 15) is 24.3 Å². The van der Waals surface area contributed by atoms with Crippen molar-refractivity contribution in [1.82, 2.24) is 36.3 Å². The van der Waals surface area contributed by atoms with Gasteiger partial charge in [0.05, 0.1) is 37.0 Å². The number of hydrogen-bond acceptors (Lipinski definition) is 8. The van der Waals surface area contributed by atoms with Gasteiger partial charge in [-0.1, -0.05) is 47.1 Å². The summed E-state index contributed by atoms with van der Waals surface area (Å²) in [6.07, 6.45) is 1.13. The second-order valence-corrected chi connectivity index (χ2v) is 10.2.